The topological polar surface area (TPSA) is 92.4 Å². The first-order chi connectivity index (χ1) is 9.13. The molecule has 1 aliphatic carbocycles. The number of carbonyl (C=O) groups excluding carboxylic acids is 1. The van der Waals surface area contributed by atoms with E-state index in [0.29, 0.717) is 23.6 Å². The van der Waals surface area contributed by atoms with Crippen LogP contribution in [0, 0.1) is 0 Å². The maximum atomic E-state index is 12.1. The zero-order valence-electron chi connectivity index (χ0n) is 10.9. The van der Waals surface area contributed by atoms with Crippen LogP contribution in [-0.2, 0) is 4.79 Å². The van der Waals surface area contributed by atoms with Crippen molar-refractivity contribution in [2.24, 2.45) is 0 Å². The van der Waals surface area contributed by atoms with E-state index < -0.39 is 17.9 Å². The van der Waals surface area contributed by atoms with E-state index in [-0.39, 0.29) is 0 Å². The first-order valence-electron chi connectivity index (χ1n) is 6.61. The van der Waals surface area contributed by atoms with Crippen molar-refractivity contribution >= 4 is 11.9 Å². The first-order valence-corrected chi connectivity index (χ1v) is 6.61. The van der Waals surface area contributed by atoms with Gasteiger partial charge in [0, 0.05) is 5.92 Å². The lowest BCUT2D eigenvalue weighted by atomic mass is 10.1. The Morgan fingerprint density at radius 2 is 2.32 bits per heavy atom. The first kappa shape index (κ1) is 13.6. The Balaban J connectivity index is 2.01. The van der Waals surface area contributed by atoms with Gasteiger partial charge in [-0.1, -0.05) is 24.9 Å². The fourth-order valence-electron chi connectivity index (χ4n) is 1.97. The van der Waals surface area contributed by atoms with E-state index >= 15 is 0 Å². The molecule has 0 aliphatic heterocycles. The number of hydrogen-bond donors (Lipinski definition) is 2. The molecule has 1 atom stereocenters. The summed E-state index contributed by atoms with van der Waals surface area (Å²) in [4.78, 5) is 23.2. The number of aromatic nitrogens is 1. The van der Waals surface area contributed by atoms with Crippen LogP contribution in [0.15, 0.2) is 10.8 Å². The number of nitrogens with zero attached hydrogens (tertiary/aromatic N) is 1. The van der Waals surface area contributed by atoms with Crippen LogP contribution in [-0.4, -0.2) is 28.2 Å². The second-order valence-corrected chi connectivity index (χ2v) is 4.89. The maximum absolute atomic E-state index is 12.1. The summed E-state index contributed by atoms with van der Waals surface area (Å²) >= 11 is 0. The molecule has 0 saturated heterocycles. The normalized spacial score (nSPS) is 16.1. The minimum absolute atomic E-state index is 0.290. The second kappa shape index (κ2) is 5.86. The van der Waals surface area contributed by atoms with Crippen molar-refractivity contribution in [3.8, 4) is 0 Å². The van der Waals surface area contributed by atoms with Crippen molar-refractivity contribution in [1.29, 1.82) is 0 Å². The largest absolute Gasteiger partial charge is 0.480 e. The number of carboxylic acid groups (broad SMARTS) is 1. The number of amides is 1. The second-order valence-electron chi connectivity index (χ2n) is 4.89. The molecule has 6 heteroatoms. The predicted octanol–water partition coefficient (Wildman–Crippen LogP) is 1.93. The van der Waals surface area contributed by atoms with E-state index in [0.717, 1.165) is 25.7 Å². The molecule has 1 aromatic heterocycles. The van der Waals surface area contributed by atoms with Gasteiger partial charge in [-0.2, -0.15) is 0 Å². The van der Waals surface area contributed by atoms with E-state index in [1.54, 1.807) is 0 Å². The summed E-state index contributed by atoms with van der Waals surface area (Å²) in [7, 11) is 0. The third-order valence-electron chi connectivity index (χ3n) is 3.26. The van der Waals surface area contributed by atoms with Crippen molar-refractivity contribution in [2.45, 2.75) is 51.0 Å². The van der Waals surface area contributed by atoms with E-state index in [1.165, 1.54) is 6.26 Å². The molecule has 0 aromatic carbocycles. The minimum Gasteiger partial charge on any atom is -0.480 e. The van der Waals surface area contributed by atoms with Crippen LogP contribution < -0.4 is 5.32 Å². The van der Waals surface area contributed by atoms with Gasteiger partial charge in [0.2, 0.25) is 0 Å². The summed E-state index contributed by atoms with van der Waals surface area (Å²) in [6, 6.07) is -0.852. The van der Waals surface area contributed by atoms with E-state index in [4.69, 9.17) is 9.63 Å². The molecule has 0 unspecified atom stereocenters. The quantitative estimate of drug-likeness (QED) is 0.786. The molecule has 6 nitrogen and oxygen atoms in total. The molecule has 0 radical (unpaired) electrons. The molecule has 1 aromatic rings. The van der Waals surface area contributed by atoms with Gasteiger partial charge in [0.15, 0.2) is 0 Å². The lowest BCUT2D eigenvalue weighted by Crippen LogP contribution is -2.40. The van der Waals surface area contributed by atoms with Gasteiger partial charge in [-0.05, 0) is 19.3 Å². The molecule has 1 heterocycles. The molecule has 2 rings (SSSR count). The Kier molecular flexibility index (Phi) is 4.19. The summed E-state index contributed by atoms with van der Waals surface area (Å²) < 4.78 is 4.83. The van der Waals surface area contributed by atoms with Gasteiger partial charge in [-0.15, -0.1) is 0 Å². The van der Waals surface area contributed by atoms with Crippen LogP contribution in [0.3, 0.4) is 0 Å². The van der Waals surface area contributed by atoms with E-state index in [2.05, 4.69) is 10.5 Å². The Hall–Kier alpha value is -1.85. The zero-order valence-corrected chi connectivity index (χ0v) is 10.9. The standard InChI is InChI=1S/C13H18N2O4/c1-2-3-4-10(13(17)18)14-12(16)9-7-19-15-11(9)8-5-6-8/h7-8,10H,2-6H2,1H3,(H,14,16)(H,17,18)/t10-/m0/s1. The molecule has 1 saturated carbocycles. The van der Waals surface area contributed by atoms with E-state index in [1.807, 2.05) is 6.92 Å². The Morgan fingerprint density at radius 3 is 2.89 bits per heavy atom. The smallest absolute Gasteiger partial charge is 0.326 e. The number of nitrogens with one attached hydrogen (secondary N) is 1. The summed E-state index contributed by atoms with van der Waals surface area (Å²) in [5.41, 5.74) is 1.02. The van der Waals surface area contributed by atoms with Crippen LogP contribution in [0.2, 0.25) is 0 Å². The van der Waals surface area contributed by atoms with Gasteiger partial charge in [-0.25, -0.2) is 4.79 Å². The van der Waals surface area contributed by atoms with Crippen LogP contribution >= 0.6 is 0 Å². The summed E-state index contributed by atoms with van der Waals surface area (Å²) in [6.45, 7) is 1.98. The molecule has 104 valence electrons. The van der Waals surface area contributed by atoms with Gasteiger partial charge in [-0.3, -0.25) is 4.79 Å². The average molecular weight is 266 g/mol. The SMILES string of the molecule is CCCC[C@H](NC(=O)c1conc1C1CC1)C(=O)O. The van der Waals surface area contributed by atoms with Crippen LogP contribution in [0.25, 0.3) is 0 Å². The number of unbranched alkanes of at least 4 members (excludes halogenated alkanes) is 1. The van der Waals surface area contributed by atoms with Gasteiger partial charge < -0.3 is 14.9 Å². The number of carbonyl (C=O) groups is 2. The lowest BCUT2D eigenvalue weighted by molar-refractivity contribution is -0.139. The predicted molar refractivity (Wildman–Crippen MR) is 66.9 cm³/mol. The Bertz CT molecular complexity index is 465. The van der Waals surface area contributed by atoms with Crippen molar-refractivity contribution in [3.63, 3.8) is 0 Å². The molecular weight excluding hydrogens is 248 g/mol. The molecule has 0 spiro atoms. The molecule has 1 amide bonds. The Labute approximate surface area is 111 Å². The average Bonchev–Trinajstić information content (AvgIpc) is 3.11. The fourth-order valence-corrected chi connectivity index (χ4v) is 1.97. The fraction of sp³-hybridized carbons (Fsp3) is 0.615. The molecule has 1 aliphatic rings. The highest BCUT2D eigenvalue weighted by molar-refractivity contribution is 5.97. The minimum atomic E-state index is -1.01. The zero-order chi connectivity index (χ0) is 13.8. The number of rotatable bonds is 7. The van der Waals surface area contributed by atoms with Crippen LogP contribution in [0.5, 0.6) is 0 Å². The van der Waals surface area contributed by atoms with Gasteiger partial charge in [0.05, 0.1) is 5.69 Å². The van der Waals surface area contributed by atoms with Crippen LogP contribution in [0.1, 0.15) is 61.0 Å². The highest BCUT2D eigenvalue weighted by Crippen LogP contribution is 2.40. The molecule has 0 bridgehead atoms. The van der Waals surface area contributed by atoms with Gasteiger partial charge in [0.25, 0.3) is 5.91 Å². The molecule has 2 N–H and O–H groups in total. The van der Waals surface area contributed by atoms with Crippen molar-refractivity contribution in [3.05, 3.63) is 17.5 Å². The van der Waals surface area contributed by atoms with Crippen LogP contribution in [0.4, 0.5) is 0 Å². The number of carboxylic acids is 1. The van der Waals surface area contributed by atoms with Crippen molar-refractivity contribution < 1.29 is 19.2 Å². The highest BCUT2D eigenvalue weighted by Gasteiger charge is 2.32. The third kappa shape index (κ3) is 3.33. The summed E-state index contributed by atoms with van der Waals surface area (Å²) in [6.07, 6.45) is 5.38. The van der Waals surface area contributed by atoms with Crippen molar-refractivity contribution in [2.75, 3.05) is 0 Å². The molecular formula is C13H18N2O4. The molecule has 19 heavy (non-hydrogen) atoms. The van der Waals surface area contributed by atoms with Gasteiger partial charge in [0.1, 0.15) is 17.9 Å². The van der Waals surface area contributed by atoms with Crippen molar-refractivity contribution in [1.82, 2.24) is 10.5 Å². The summed E-state index contributed by atoms with van der Waals surface area (Å²) in [5.74, 6) is -1.13. The maximum Gasteiger partial charge on any atom is 0.326 e. The summed E-state index contributed by atoms with van der Waals surface area (Å²) in [5, 5.41) is 15.5. The van der Waals surface area contributed by atoms with E-state index in [9.17, 15) is 9.59 Å². The number of hydrogen-bond acceptors (Lipinski definition) is 4. The monoisotopic (exact) mass is 266 g/mol. The lowest BCUT2D eigenvalue weighted by Gasteiger charge is -2.13. The molecule has 1 fully saturated rings. The highest BCUT2D eigenvalue weighted by atomic mass is 16.5. The Morgan fingerprint density at radius 1 is 1.58 bits per heavy atom. The van der Waals surface area contributed by atoms with Gasteiger partial charge >= 0.3 is 5.97 Å². The third-order valence-corrected chi connectivity index (χ3v) is 3.26. The number of aliphatic carboxylic acids is 1.